The summed E-state index contributed by atoms with van der Waals surface area (Å²) in [5.41, 5.74) is 1.55. The van der Waals surface area contributed by atoms with Crippen LogP contribution in [0, 0.1) is 6.92 Å². The minimum absolute atomic E-state index is 0.139. The van der Waals surface area contributed by atoms with E-state index in [2.05, 4.69) is 27.4 Å². The Hall–Kier alpha value is -3.07. The average molecular weight is 408 g/mol. The zero-order chi connectivity index (χ0) is 20.2. The molecule has 8 nitrogen and oxygen atoms in total. The predicted octanol–water partition coefficient (Wildman–Crippen LogP) is 3.17. The highest BCUT2D eigenvalue weighted by Gasteiger charge is 2.16. The van der Waals surface area contributed by atoms with E-state index in [1.54, 1.807) is 16.8 Å². The second-order valence-electron chi connectivity index (χ2n) is 6.71. The van der Waals surface area contributed by atoms with Crippen molar-refractivity contribution in [3.8, 4) is 5.82 Å². The molecule has 0 aliphatic carbocycles. The maximum absolute atomic E-state index is 13.2. The lowest BCUT2D eigenvalue weighted by molar-refractivity contribution is 0.540. The maximum atomic E-state index is 13.2. The second kappa shape index (κ2) is 8.52. The van der Waals surface area contributed by atoms with Crippen LogP contribution in [-0.4, -0.2) is 34.7 Å². The van der Waals surface area contributed by atoms with Crippen LogP contribution in [0.25, 0.3) is 16.7 Å². The first kappa shape index (κ1) is 19.3. The summed E-state index contributed by atoms with van der Waals surface area (Å²) in [5.74, 6) is 1.81. The van der Waals surface area contributed by atoms with Gasteiger partial charge < -0.3 is 0 Å². The summed E-state index contributed by atoms with van der Waals surface area (Å²) in [4.78, 5) is 22.4. The Labute approximate surface area is 172 Å². The molecule has 1 aromatic carbocycles. The Kier molecular flexibility index (Phi) is 5.66. The van der Waals surface area contributed by atoms with Crippen LogP contribution >= 0.6 is 11.8 Å². The number of hydrogen-bond acceptors (Lipinski definition) is 7. The van der Waals surface area contributed by atoms with Gasteiger partial charge in [0.25, 0.3) is 5.56 Å². The number of thioether (sulfide) groups is 1. The Morgan fingerprint density at radius 1 is 1.14 bits per heavy atom. The fourth-order valence-corrected chi connectivity index (χ4v) is 3.87. The van der Waals surface area contributed by atoms with Gasteiger partial charge in [0.1, 0.15) is 5.82 Å². The molecule has 3 aromatic heterocycles. The standard InChI is InChI=1S/C20H21N7OS/c1-3-4-11-26-18(23-24-25-26)13-29-20-22-16-8-6-5-7-15(16)19(28)27(20)17-10-9-14(2)12-21-17/h5-10,12H,3-4,11,13H2,1-2H3. The van der Waals surface area contributed by atoms with E-state index in [0.29, 0.717) is 27.6 Å². The fourth-order valence-electron chi connectivity index (χ4n) is 2.94. The number of pyridine rings is 1. The SMILES string of the molecule is CCCCn1nnnc1CSc1nc2ccccc2c(=O)n1-c1ccc(C)cn1. The summed E-state index contributed by atoms with van der Waals surface area (Å²) in [6.07, 6.45) is 3.82. The number of tetrazole rings is 1. The number of hydrogen-bond donors (Lipinski definition) is 0. The number of benzene rings is 1. The van der Waals surface area contributed by atoms with E-state index >= 15 is 0 Å². The molecule has 4 aromatic rings. The quantitative estimate of drug-likeness (QED) is 0.343. The van der Waals surface area contributed by atoms with Gasteiger partial charge in [0.2, 0.25) is 0 Å². The molecule has 0 atom stereocenters. The Morgan fingerprint density at radius 2 is 2.00 bits per heavy atom. The van der Waals surface area contributed by atoms with E-state index < -0.39 is 0 Å². The minimum Gasteiger partial charge on any atom is -0.268 e. The Balaban J connectivity index is 1.75. The summed E-state index contributed by atoms with van der Waals surface area (Å²) < 4.78 is 3.37. The molecule has 0 bridgehead atoms. The lowest BCUT2D eigenvalue weighted by atomic mass is 10.2. The third kappa shape index (κ3) is 4.04. The highest BCUT2D eigenvalue weighted by molar-refractivity contribution is 7.98. The normalized spacial score (nSPS) is 11.2. The summed E-state index contributed by atoms with van der Waals surface area (Å²) >= 11 is 1.43. The van der Waals surface area contributed by atoms with Crippen LogP contribution in [0.2, 0.25) is 0 Å². The summed E-state index contributed by atoms with van der Waals surface area (Å²) in [7, 11) is 0. The predicted molar refractivity (Wildman–Crippen MR) is 112 cm³/mol. The molecule has 0 N–H and O–H groups in total. The number of aromatic nitrogens is 7. The van der Waals surface area contributed by atoms with Crippen LogP contribution < -0.4 is 5.56 Å². The zero-order valence-corrected chi connectivity index (χ0v) is 17.1. The first-order valence-electron chi connectivity index (χ1n) is 9.50. The smallest absolute Gasteiger partial charge is 0.267 e. The molecule has 0 aliphatic rings. The van der Waals surface area contributed by atoms with E-state index in [9.17, 15) is 4.79 Å². The van der Waals surface area contributed by atoms with E-state index in [4.69, 9.17) is 4.98 Å². The van der Waals surface area contributed by atoms with E-state index in [1.807, 2.05) is 41.9 Å². The number of nitrogens with zero attached hydrogens (tertiary/aromatic N) is 7. The van der Waals surface area contributed by atoms with Crippen LogP contribution in [0.1, 0.15) is 31.2 Å². The second-order valence-corrected chi connectivity index (χ2v) is 7.65. The highest BCUT2D eigenvalue weighted by atomic mass is 32.2. The lowest BCUT2D eigenvalue weighted by Crippen LogP contribution is -2.22. The van der Waals surface area contributed by atoms with Gasteiger partial charge in [-0.25, -0.2) is 19.2 Å². The zero-order valence-electron chi connectivity index (χ0n) is 16.3. The van der Waals surface area contributed by atoms with E-state index in [0.717, 1.165) is 30.8 Å². The van der Waals surface area contributed by atoms with Crippen molar-refractivity contribution in [2.24, 2.45) is 0 Å². The molecule has 3 heterocycles. The van der Waals surface area contributed by atoms with E-state index in [-0.39, 0.29) is 5.56 Å². The van der Waals surface area contributed by atoms with Crippen molar-refractivity contribution in [3.63, 3.8) is 0 Å². The molecule has 0 saturated heterocycles. The van der Waals surface area contributed by atoms with Crippen LogP contribution in [-0.2, 0) is 12.3 Å². The van der Waals surface area contributed by atoms with Crippen LogP contribution in [0.5, 0.6) is 0 Å². The number of rotatable bonds is 7. The summed E-state index contributed by atoms with van der Waals surface area (Å²) in [6.45, 7) is 4.87. The van der Waals surface area contributed by atoms with Crippen molar-refractivity contribution in [1.29, 1.82) is 0 Å². The van der Waals surface area contributed by atoms with Crippen LogP contribution in [0.15, 0.2) is 52.5 Å². The molecule has 0 saturated carbocycles. The van der Waals surface area contributed by atoms with Crippen LogP contribution in [0.4, 0.5) is 0 Å². The topological polar surface area (TPSA) is 91.4 Å². The molecule has 0 aliphatic heterocycles. The number of fused-ring (bicyclic) bond motifs is 1. The third-order valence-corrected chi connectivity index (χ3v) is 5.46. The molecule has 0 amide bonds. The largest absolute Gasteiger partial charge is 0.268 e. The lowest BCUT2D eigenvalue weighted by Gasteiger charge is -2.12. The van der Waals surface area contributed by atoms with Crippen molar-refractivity contribution in [3.05, 3.63) is 64.3 Å². The summed E-state index contributed by atoms with van der Waals surface area (Å²) in [6, 6.07) is 11.1. The fraction of sp³-hybridized carbons (Fsp3) is 0.300. The van der Waals surface area contributed by atoms with Gasteiger partial charge in [0.15, 0.2) is 11.0 Å². The molecular formula is C20H21N7OS. The highest BCUT2D eigenvalue weighted by Crippen LogP contribution is 2.23. The molecule has 0 unspecified atom stereocenters. The van der Waals surface area contributed by atoms with Gasteiger partial charge in [-0.3, -0.25) is 4.79 Å². The van der Waals surface area contributed by atoms with Crippen molar-refractivity contribution in [2.75, 3.05) is 0 Å². The van der Waals surface area contributed by atoms with Crippen molar-refractivity contribution >= 4 is 22.7 Å². The number of unbranched alkanes of at least 4 members (excludes halogenated alkanes) is 1. The maximum Gasteiger partial charge on any atom is 0.267 e. The molecule has 9 heteroatoms. The third-order valence-electron chi connectivity index (χ3n) is 4.53. The van der Waals surface area contributed by atoms with Crippen molar-refractivity contribution in [1.82, 2.24) is 34.7 Å². The van der Waals surface area contributed by atoms with Crippen molar-refractivity contribution < 1.29 is 0 Å². The van der Waals surface area contributed by atoms with Crippen molar-refractivity contribution in [2.45, 2.75) is 44.1 Å². The average Bonchev–Trinajstić information content (AvgIpc) is 3.19. The van der Waals surface area contributed by atoms with Gasteiger partial charge in [0.05, 0.1) is 16.7 Å². The van der Waals surface area contributed by atoms with Gasteiger partial charge >= 0.3 is 0 Å². The molecular weight excluding hydrogens is 386 g/mol. The first-order chi connectivity index (χ1) is 14.2. The van der Waals surface area contributed by atoms with Gasteiger partial charge in [-0.05, 0) is 47.5 Å². The first-order valence-corrected chi connectivity index (χ1v) is 10.5. The monoisotopic (exact) mass is 407 g/mol. The molecule has 4 rings (SSSR count). The Morgan fingerprint density at radius 3 is 2.79 bits per heavy atom. The molecule has 148 valence electrons. The van der Waals surface area contributed by atoms with Gasteiger partial charge in [-0.1, -0.05) is 43.3 Å². The molecule has 0 radical (unpaired) electrons. The molecule has 29 heavy (non-hydrogen) atoms. The molecule has 0 fully saturated rings. The molecule has 0 spiro atoms. The van der Waals surface area contributed by atoms with Gasteiger partial charge in [-0.2, -0.15) is 0 Å². The number of para-hydroxylation sites is 1. The van der Waals surface area contributed by atoms with Gasteiger partial charge in [0, 0.05) is 12.7 Å². The summed E-state index contributed by atoms with van der Waals surface area (Å²) in [5, 5.41) is 13.1. The minimum atomic E-state index is -0.139. The number of aryl methyl sites for hydroxylation is 2. The van der Waals surface area contributed by atoms with Gasteiger partial charge in [-0.15, -0.1) is 5.10 Å². The van der Waals surface area contributed by atoms with Crippen LogP contribution in [0.3, 0.4) is 0 Å². The Bertz CT molecular complexity index is 1180. The van der Waals surface area contributed by atoms with E-state index in [1.165, 1.54) is 11.8 Å².